The zero-order valence-corrected chi connectivity index (χ0v) is 9.16. The van der Waals surface area contributed by atoms with Gasteiger partial charge in [-0.2, -0.15) is 0 Å². The van der Waals surface area contributed by atoms with Crippen LogP contribution in [0.1, 0.15) is 26.7 Å². The molecule has 1 nitrogen and oxygen atoms in total. The fourth-order valence-electron chi connectivity index (χ4n) is 1.17. The Balaban J connectivity index is 2.22. The minimum Gasteiger partial charge on any atom is -0.379 e. The van der Waals surface area contributed by atoms with Crippen molar-refractivity contribution in [2.75, 3.05) is 5.88 Å². The van der Waals surface area contributed by atoms with E-state index < -0.39 is 0 Å². The maximum absolute atomic E-state index is 3.41. The molecule has 2 heteroatoms. The van der Waals surface area contributed by atoms with Crippen molar-refractivity contribution in [3.63, 3.8) is 0 Å². The van der Waals surface area contributed by atoms with Gasteiger partial charge in [0.25, 0.3) is 0 Å². The minimum absolute atomic E-state index is 0.975. The zero-order valence-electron chi connectivity index (χ0n) is 8.34. The van der Waals surface area contributed by atoms with E-state index in [0.717, 1.165) is 5.88 Å². The molecule has 0 aromatic carbocycles. The second kappa shape index (κ2) is 5.92. The molecular formula is C11H17NS. The van der Waals surface area contributed by atoms with E-state index in [0.29, 0.717) is 0 Å². The number of hydrogen-bond donors (Lipinski definition) is 1. The molecule has 1 N–H and O–H groups in total. The average Bonchev–Trinajstić information content (AvgIpc) is 2.15. The molecule has 0 heterocycles. The lowest BCUT2D eigenvalue weighted by Crippen LogP contribution is -2.13. The van der Waals surface area contributed by atoms with Gasteiger partial charge < -0.3 is 5.32 Å². The largest absolute Gasteiger partial charge is 0.379 e. The summed E-state index contributed by atoms with van der Waals surface area (Å²) in [6.07, 6.45) is 8.82. The molecule has 0 aromatic heterocycles. The van der Waals surface area contributed by atoms with Crippen molar-refractivity contribution < 1.29 is 0 Å². The topological polar surface area (TPSA) is 12.0 Å². The molecule has 0 bridgehead atoms. The van der Waals surface area contributed by atoms with Crippen LogP contribution in [-0.2, 0) is 0 Å². The normalized spacial score (nSPS) is 17.1. The molecule has 1 rings (SSSR count). The van der Waals surface area contributed by atoms with Crippen LogP contribution >= 0.6 is 11.8 Å². The summed E-state index contributed by atoms with van der Waals surface area (Å²) < 4.78 is 0. The molecule has 1 aliphatic carbocycles. The first kappa shape index (κ1) is 10.5. The molecule has 0 saturated carbocycles. The predicted octanol–water partition coefficient (Wildman–Crippen LogP) is 3.42. The predicted molar refractivity (Wildman–Crippen MR) is 61.5 cm³/mol. The van der Waals surface area contributed by atoms with E-state index in [1.165, 1.54) is 24.1 Å². The fourth-order valence-corrected chi connectivity index (χ4v) is 1.72. The summed E-state index contributed by atoms with van der Waals surface area (Å²) in [5.41, 5.74) is 2.84. The lowest BCUT2D eigenvalue weighted by Gasteiger charge is -2.13. The molecule has 0 unspecified atom stereocenters. The van der Waals surface area contributed by atoms with Crippen molar-refractivity contribution in [1.82, 2.24) is 5.32 Å². The summed E-state index contributed by atoms with van der Waals surface area (Å²) in [4.78, 5) is 0. The van der Waals surface area contributed by atoms with Crippen LogP contribution in [0.15, 0.2) is 34.9 Å². The van der Waals surface area contributed by atoms with Crippen molar-refractivity contribution in [2.45, 2.75) is 26.7 Å². The summed E-state index contributed by atoms with van der Waals surface area (Å²) in [5.74, 6) is 0.975. The quantitative estimate of drug-likeness (QED) is 0.545. The van der Waals surface area contributed by atoms with Gasteiger partial charge in [0.15, 0.2) is 0 Å². The van der Waals surface area contributed by atoms with Crippen molar-refractivity contribution >= 4 is 11.8 Å². The summed E-state index contributed by atoms with van der Waals surface area (Å²) in [5, 5.41) is 5.51. The summed E-state index contributed by atoms with van der Waals surface area (Å²) in [6, 6.07) is 0. The molecule has 0 saturated heterocycles. The van der Waals surface area contributed by atoms with Crippen LogP contribution in [0.25, 0.3) is 0 Å². The minimum atomic E-state index is 0.975. The third-order valence-electron chi connectivity index (χ3n) is 1.97. The average molecular weight is 195 g/mol. The van der Waals surface area contributed by atoms with Gasteiger partial charge in [-0.3, -0.25) is 0 Å². The van der Waals surface area contributed by atoms with Gasteiger partial charge in [-0.1, -0.05) is 17.7 Å². The standard InChI is InChI=1S/C11H17NS/c1-3-8-13-9-12-11-6-4-10(2)5-7-11/h3-4,6,8,12H,5,7,9H2,1-2H3/b8-3-. The molecule has 0 amide bonds. The molecule has 72 valence electrons. The van der Waals surface area contributed by atoms with Crippen LogP contribution in [0, 0.1) is 0 Å². The number of thioether (sulfide) groups is 1. The number of rotatable bonds is 4. The van der Waals surface area contributed by atoms with Gasteiger partial charge >= 0.3 is 0 Å². The van der Waals surface area contributed by atoms with Crippen LogP contribution < -0.4 is 5.32 Å². The molecule has 0 radical (unpaired) electrons. The molecular weight excluding hydrogens is 178 g/mol. The molecule has 0 spiro atoms. The lowest BCUT2D eigenvalue weighted by atomic mass is 10.0. The number of hydrogen-bond acceptors (Lipinski definition) is 2. The van der Waals surface area contributed by atoms with Crippen molar-refractivity contribution in [3.05, 3.63) is 34.9 Å². The van der Waals surface area contributed by atoms with E-state index in [2.05, 4.69) is 35.9 Å². The molecule has 0 fully saturated rings. The molecule has 0 aromatic rings. The molecule has 0 aliphatic heterocycles. The van der Waals surface area contributed by atoms with E-state index in [1.54, 1.807) is 11.8 Å². The highest BCUT2D eigenvalue weighted by atomic mass is 32.2. The first-order valence-electron chi connectivity index (χ1n) is 4.66. The Bertz CT molecular complexity index is 238. The highest BCUT2D eigenvalue weighted by molar-refractivity contribution is 8.02. The van der Waals surface area contributed by atoms with E-state index in [4.69, 9.17) is 0 Å². The smallest absolute Gasteiger partial charge is 0.0648 e. The summed E-state index contributed by atoms with van der Waals surface area (Å²) in [6.45, 7) is 4.22. The third kappa shape index (κ3) is 4.23. The monoisotopic (exact) mass is 195 g/mol. The number of allylic oxidation sites excluding steroid dienone is 5. The second-order valence-electron chi connectivity index (χ2n) is 3.16. The molecule has 0 atom stereocenters. The second-order valence-corrected chi connectivity index (χ2v) is 4.06. The zero-order chi connectivity index (χ0) is 9.52. The number of nitrogens with one attached hydrogen (secondary N) is 1. The van der Waals surface area contributed by atoms with E-state index in [1.807, 2.05) is 6.92 Å². The van der Waals surface area contributed by atoms with Crippen molar-refractivity contribution in [3.8, 4) is 0 Å². The van der Waals surface area contributed by atoms with Gasteiger partial charge in [-0.25, -0.2) is 0 Å². The van der Waals surface area contributed by atoms with Gasteiger partial charge in [0.05, 0.1) is 5.88 Å². The van der Waals surface area contributed by atoms with Gasteiger partial charge in [0.2, 0.25) is 0 Å². The Morgan fingerprint density at radius 2 is 2.31 bits per heavy atom. The van der Waals surface area contributed by atoms with Crippen LogP contribution in [0.5, 0.6) is 0 Å². The summed E-state index contributed by atoms with van der Waals surface area (Å²) >= 11 is 1.79. The van der Waals surface area contributed by atoms with Crippen LogP contribution in [-0.4, -0.2) is 5.88 Å². The third-order valence-corrected chi connectivity index (χ3v) is 2.75. The van der Waals surface area contributed by atoms with Crippen molar-refractivity contribution in [2.24, 2.45) is 0 Å². The highest BCUT2D eigenvalue weighted by Gasteiger charge is 2.01. The highest BCUT2D eigenvalue weighted by Crippen LogP contribution is 2.16. The Morgan fingerprint density at radius 3 is 2.92 bits per heavy atom. The van der Waals surface area contributed by atoms with E-state index in [9.17, 15) is 0 Å². The first-order valence-corrected chi connectivity index (χ1v) is 5.71. The lowest BCUT2D eigenvalue weighted by molar-refractivity contribution is 0.804. The Morgan fingerprint density at radius 1 is 1.46 bits per heavy atom. The van der Waals surface area contributed by atoms with E-state index >= 15 is 0 Å². The van der Waals surface area contributed by atoms with Crippen LogP contribution in [0.2, 0.25) is 0 Å². The van der Waals surface area contributed by atoms with Gasteiger partial charge in [-0.15, -0.1) is 11.8 Å². The van der Waals surface area contributed by atoms with Crippen LogP contribution in [0.4, 0.5) is 0 Å². The maximum Gasteiger partial charge on any atom is 0.0648 e. The summed E-state index contributed by atoms with van der Waals surface area (Å²) in [7, 11) is 0. The Labute approximate surface area is 85.0 Å². The van der Waals surface area contributed by atoms with E-state index in [-0.39, 0.29) is 0 Å². The Kier molecular flexibility index (Phi) is 4.76. The molecule has 1 aliphatic rings. The fraction of sp³-hybridized carbons (Fsp3) is 0.455. The first-order chi connectivity index (χ1) is 6.33. The van der Waals surface area contributed by atoms with Gasteiger partial charge in [-0.05, 0) is 38.2 Å². The van der Waals surface area contributed by atoms with Crippen molar-refractivity contribution in [1.29, 1.82) is 0 Å². The SMILES string of the molecule is C/C=C\SCNC1=CC=C(C)CC1. The maximum atomic E-state index is 3.41. The van der Waals surface area contributed by atoms with Gasteiger partial charge in [0.1, 0.15) is 0 Å². The van der Waals surface area contributed by atoms with Gasteiger partial charge in [0, 0.05) is 5.70 Å². The molecule has 13 heavy (non-hydrogen) atoms. The Hall–Kier alpha value is -0.630. The van der Waals surface area contributed by atoms with Crippen LogP contribution in [0.3, 0.4) is 0 Å².